The fraction of sp³-hybridized carbons (Fsp3) is 0.360. The molecule has 0 spiro atoms. The molecule has 5 nitrogen and oxygen atoms in total. The molecule has 2 aromatic rings. The summed E-state index contributed by atoms with van der Waals surface area (Å²) in [7, 11) is 1.71. The summed E-state index contributed by atoms with van der Waals surface area (Å²) in [6.45, 7) is 5.76. The molecule has 2 aliphatic heterocycles. The third-order valence-corrected chi connectivity index (χ3v) is 6.71. The molecule has 2 aliphatic rings. The van der Waals surface area contributed by atoms with Crippen molar-refractivity contribution in [3.8, 4) is 0 Å². The molecular weight excluding hydrogens is 376 g/mol. The van der Waals surface area contributed by atoms with Crippen LogP contribution in [0.25, 0.3) is 0 Å². The number of hydrogen-bond donors (Lipinski definition) is 0. The van der Waals surface area contributed by atoms with E-state index < -0.39 is 11.0 Å². The van der Waals surface area contributed by atoms with Gasteiger partial charge >= 0.3 is 0 Å². The number of carbonyl (C=O) groups is 2. The first-order valence-corrected chi connectivity index (χ1v) is 10.4. The number of rotatable bonds is 5. The van der Waals surface area contributed by atoms with E-state index >= 15 is 0 Å². The maximum Gasteiger partial charge on any atom is 0.245 e. The molecule has 2 amide bonds. The van der Waals surface area contributed by atoms with E-state index in [1.165, 1.54) is 6.08 Å². The number of likely N-dealkylation sites (tertiary alicyclic amines) is 2. The summed E-state index contributed by atoms with van der Waals surface area (Å²) in [6, 6.07) is 20.1. The zero-order chi connectivity index (χ0) is 21.2. The third-order valence-electron chi connectivity index (χ3n) is 6.71. The zero-order valence-corrected chi connectivity index (χ0v) is 17.4. The van der Waals surface area contributed by atoms with Crippen molar-refractivity contribution in [2.45, 2.75) is 23.9 Å². The Morgan fingerprint density at radius 1 is 0.900 bits per heavy atom. The average Bonchev–Trinajstić information content (AvgIpc) is 2.79. The Morgan fingerprint density at radius 2 is 1.43 bits per heavy atom. The second-order valence-corrected chi connectivity index (χ2v) is 8.20. The quantitative estimate of drug-likeness (QED) is 0.720. The van der Waals surface area contributed by atoms with Crippen LogP contribution in [0.5, 0.6) is 0 Å². The minimum Gasteiger partial charge on any atom is -0.370 e. The van der Waals surface area contributed by atoms with Crippen molar-refractivity contribution in [1.29, 1.82) is 0 Å². The molecule has 0 bridgehead atoms. The van der Waals surface area contributed by atoms with E-state index in [1.54, 1.807) is 12.0 Å². The van der Waals surface area contributed by atoms with Crippen LogP contribution in [0.1, 0.15) is 24.0 Å². The number of hydrogen-bond acceptors (Lipinski definition) is 3. The minimum absolute atomic E-state index is 0.0736. The van der Waals surface area contributed by atoms with Gasteiger partial charge in [0, 0.05) is 20.2 Å². The van der Waals surface area contributed by atoms with E-state index in [1.807, 2.05) is 53.4 Å². The first-order chi connectivity index (χ1) is 14.5. The molecule has 0 aliphatic carbocycles. The fourth-order valence-electron chi connectivity index (χ4n) is 4.81. The largest absolute Gasteiger partial charge is 0.370 e. The van der Waals surface area contributed by atoms with E-state index in [9.17, 15) is 9.59 Å². The molecule has 2 fully saturated rings. The lowest BCUT2D eigenvalue weighted by atomic mass is 9.70. The highest BCUT2D eigenvalue weighted by molar-refractivity contribution is 5.91. The van der Waals surface area contributed by atoms with Crippen molar-refractivity contribution >= 4 is 11.8 Å². The van der Waals surface area contributed by atoms with Gasteiger partial charge in [-0.1, -0.05) is 67.2 Å². The topological polar surface area (TPSA) is 49.9 Å². The molecule has 0 aromatic heterocycles. The van der Waals surface area contributed by atoms with E-state index in [4.69, 9.17) is 4.74 Å². The lowest BCUT2D eigenvalue weighted by Crippen LogP contribution is -2.66. The summed E-state index contributed by atoms with van der Waals surface area (Å²) in [5.74, 6) is 0.0542. The van der Waals surface area contributed by atoms with Crippen LogP contribution in [-0.2, 0) is 25.3 Å². The van der Waals surface area contributed by atoms with Crippen molar-refractivity contribution < 1.29 is 14.3 Å². The number of ether oxygens (including phenoxy) is 1. The maximum absolute atomic E-state index is 13.8. The monoisotopic (exact) mass is 404 g/mol. The predicted molar refractivity (Wildman–Crippen MR) is 116 cm³/mol. The first kappa shape index (κ1) is 20.4. The van der Waals surface area contributed by atoms with Gasteiger partial charge in [0.15, 0.2) is 0 Å². The number of carbonyl (C=O) groups excluding carboxylic acids is 2. The van der Waals surface area contributed by atoms with Gasteiger partial charge in [-0.2, -0.15) is 0 Å². The number of nitrogens with zero attached hydrogens (tertiary/aromatic N) is 2. The van der Waals surface area contributed by atoms with Gasteiger partial charge in [-0.25, -0.2) is 0 Å². The normalized spacial score (nSPS) is 19.6. The van der Waals surface area contributed by atoms with Crippen LogP contribution in [0.15, 0.2) is 73.3 Å². The molecular formula is C25H28N2O3. The molecule has 4 rings (SSSR count). The maximum atomic E-state index is 13.8. The van der Waals surface area contributed by atoms with Crippen LogP contribution in [0, 0.1) is 0 Å². The van der Waals surface area contributed by atoms with E-state index in [-0.39, 0.29) is 11.8 Å². The Bertz CT molecular complexity index is 912. The van der Waals surface area contributed by atoms with Gasteiger partial charge in [0.05, 0.1) is 18.5 Å². The second-order valence-electron chi connectivity index (χ2n) is 8.20. The van der Waals surface area contributed by atoms with E-state index in [0.717, 1.165) is 11.1 Å². The lowest BCUT2D eigenvalue weighted by molar-refractivity contribution is -0.172. The van der Waals surface area contributed by atoms with Gasteiger partial charge in [0.1, 0.15) is 5.60 Å². The SMILES string of the molecule is C=CC(=O)N1CCC(C(=O)N2CC(OC)(c3ccccc3)C2)(c2ccccc2)CC1. The summed E-state index contributed by atoms with van der Waals surface area (Å²) in [5, 5.41) is 0. The Kier molecular flexibility index (Phi) is 5.48. The molecule has 156 valence electrons. The van der Waals surface area contributed by atoms with Gasteiger partial charge in [-0.05, 0) is 30.0 Å². The van der Waals surface area contributed by atoms with Gasteiger partial charge in [-0.15, -0.1) is 0 Å². The summed E-state index contributed by atoms with van der Waals surface area (Å²) >= 11 is 0. The Hall–Kier alpha value is -2.92. The Labute approximate surface area is 177 Å². The van der Waals surface area contributed by atoms with Crippen molar-refractivity contribution in [1.82, 2.24) is 9.80 Å². The average molecular weight is 405 g/mol. The third kappa shape index (κ3) is 3.33. The van der Waals surface area contributed by atoms with Crippen LogP contribution in [0.3, 0.4) is 0 Å². The summed E-state index contributed by atoms with van der Waals surface area (Å²) in [6.07, 6.45) is 2.56. The molecule has 30 heavy (non-hydrogen) atoms. The van der Waals surface area contributed by atoms with Crippen LogP contribution < -0.4 is 0 Å². The summed E-state index contributed by atoms with van der Waals surface area (Å²) < 4.78 is 5.87. The number of benzene rings is 2. The van der Waals surface area contributed by atoms with E-state index in [2.05, 4.69) is 18.7 Å². The van der Waals surface area contributed by atoms with Gasteiger partial charge in [-0.3, -0.25) is 9.59 Å². The van der Waals surface area contributed by atoms with Crippen LogP contribution in [0.2, 0.25) is 0 Å². The van der Waals surface area contributed by atoms with Crippen molar-refractivity contribution in [2.75, 3.05) is 33.3 Å². The molecule has 0 radical (unpaired) electrons. The molecule has 0 atom stereocenters. The van der Waals surface area contributed by atoms with Gasteiger partial charge in [0.2, 0.25) is 11.8 Å². The summed E-state index contributed by atoms with van der Waals surface area (Å²) in [5.41, 5.74) is 1.05. The lowest BCUT2D eigenvalue weighted by Gasteiger charge is -2.53. The highest BCUT2D eigenvalue weighted by atomic mass is 16.5. The Morgan fingerprint density at radius 3 is 1.93 bits per heavy atom. The van der Waals surface area contributed by atoms with Crippen molar-refractivity contribution in [2.24, 2.45) is 0 Å². The second kappa shape index (κ2) is 8.07. The van der Waals surface area contributed by atoms with Crippen LogP contribution in [-0.4, -0.2) is 54.9 Å². The molecule has 0 N–H and O–H groups in total. The summed E-state index contributed by atoms with van der Waals surface area (Å²) in [4.78, 5) is 29.6. The molecule has 0 unspecified atom stereocenters. The predicted octanol–water partition coefficient (Wildman–Crippen LogP) is 3.12. The Balaban J connectivity index is 1.58. The first-order valence-electron chi connectivity index (χ1n) is 10.4. The number of amides is 2. The molecule has 0 saturated carbocycles. The molecule has 5 heteroatoms. The highest BCUT2D eigenvalue weighted by Gasteiger charge is 2.53. The van der Waals surface area contributed by atoms with Crippen molar-refractivity contribution in [3.05, 3.63) is 84.4 Å². The smallest absolute Gasteiger partial charge is 0.245 e. The standard InChI is InChI=1S/C25H28N2O3/c1-3-22(28)26-16-14-24(15-17-26,20-10-6-4-7-11-20)23(29)27-18-25(19-27,30-2)21-12-8-5-9-13-21/h3-13H,1,14-19H2,2H3. The van der Waals surface area contributed by atoms with Crippen molar-refractivity contribution in [3.63, 3.8) is 0 Å². The fourth-order valence-corrected chi connectivity index (χ4v) is 4.81. The van der Waals surface area contributed by atoms with Gasteiger partial charge < -0.3 is 14.5 Å². The van der Waals surface area contributed by atoms with Gasteiger partial charge in [0.25, 0.3) is 0 Å². The molecule has 2 heterocycles. The molecule has 2 saturated heterocycles. The van der Waals surface area contributed by atoms with Crippen LogP contribution >= 0.6 is 0 Å². The highest BCUT2D eigenvalue weighted by Crippen LogP contribution is 2.42. The minimum atomic E-state index is -0.615. The molecule has 2 aromatic carbocycles. The van der Waals surface area contributed by atoms with Crippen LogP contribution in [0.4, 0.5) is 0 Å². The number of methoxy groups -OCH3 is 1. The number of piperidine rings is 1. The van der Waals surface area contributed by atoms with E-state index in [0.29, 0.717) is 39.0 Å². The zero-order valence-electron chi connectivity index (χ0n) is 17.4.